The lowest BCUT2D eigenvalue weighted by molar-refractivity contribution is 0.0821. The SMILES string of the molecule is CN(C)C(=O)c1ccn(-c2cc(C#N)ccc2N)n1. The molecule has 0 aliphatic heterocycles. The van der Waals surface area contributed by atoms with Gasteiger partial charge in [-0.3, -0.25) is 4.79 Å². The summed E-state index contributed by atoms with van der Waals surface area (Å²) < 4.78 is 1.49. The standard InChI is InChI=1S/C13H13N5O/c1-17(2)13(19)11-5-6-18(16-11)12-7-9(8-14)3-4-10(12)15/h3-7H,15H2,1-2H3. The van der Waals surface area contributed by atoms with Gasteiger partial charge in [0, 0.05) is 20.3 Å². The van der Waals surface area contributed by atoms with Crippen molar-refractivity contribution >= 4 is 11.6 Å². The summed E-state index contributed by atoms with van der Waals surface area (Å²) in [7, 11) is 3.32. The number of carbonyl (C=O) groups excluding carboxylic acids is 1. The predicted molar refractivity (Wildman–Crippen MR) is 70.7 cm³/mol. The molecular formula is C13H13N5O. The molecular weight excluding hydrogens is 242 g/mol. The van der Waals surface area contributed by atoms with Gasteiger partial charge < -0.3 is 10.6 Å². The molecule has 0 aliphatic carbocycles. The Bertz CT molecular complexity index is 666. The van der Waals surface area contributed by atoms with Gasteiger partial charge in [-0.1, -0.05) is 0 Å². The van der Waals surface area contributed by atoms with Crippen LogP contribution < -0.4 is 5.73 Å². The van der Waals surface area contributed by atoms with Crippen molar-refractivity contribution in [1.82, 2.24) is 14.7 Å². The Hall–Kier alpha value is -2.81. The second-order valence-corrected chi connectivity index (χ2v) is 4.23. The van der Waals surface area contributed by atoms with Crippen LogP contribution >= 0.6 is 0 Å². The lowest BCUT2D eigenvalue weighted by Crippen LogP contribution is -2.22. The highest BCUT2D eigenvalue weighted by Crippen LogP contribution is 2.18. The van der Waals surface area contributed by atoms with Gasteiger partial charge in [0.05, 0.1) is 23.0 Å². The zero-order valence-corrected chi connectivity index (χ0v) is 10.7. The number of nitrogen functional groups attached to an aromatic ring is 1. The average Bonchev–Trinajstić information content (AvgIpc) is 2.87. The summed E-state index contributed by atoms with van der Waals surface area (Å²) in [4.78, 5) is 13.2. The quantitative estimate of drug-likeness (QED) is 0.812. The first-order valence-electron chi connectivity index (χ1n) is 5.60. The normalized spacial score (nSPS) is 9.95. The molecule has 19 heavy (non-hydrogen) atoms. The number of anilines is 1. The van der Waals surface area contributed by atoms with Crippen LogP contribution in [0.3, 0.4) is 0 Å². The lowest BCUT2D eigenvalue weighted by atomic mass is 10.2. The number of hydrogen-bond acceptors (Lipinski definition) is 4. The Labute approximate surface area is 110 Å². The number of nitrogens with two attached hydrogens (primary N) is 1. The summed E-state index contributed by atoms with van der Waals surface area (Å²) in [6, 6.07) is 8.56. The molecule has 2 aromatic rings. The van der Waals surface area contributed by atoms with Crippen LogP contribution in [0.1, 0.15) is 16.1 Å². The van der Waals surface area contributed by atoms with Gasteiger partial charge in [-0.2, -0.15) is 10.4 Å². The van der Waals surface area contributed by atoms with Gasteiger partial charge in [-0.25, -0.2) is 4.68 Å². The van der Waals surface area contributed by atoms with E-state index in [2.05, 4.69) is 5.10 Å². The Morgan fingerprint density at radius 2 is 2.16 bits per heavy atom. The number of amides is 1. The van der Waals surface area contributed by atoms with Crippen LogP contribution in [-0.4, -0.2) is 34.7 Å². The van der Waals surface area contributed by atoms with Gasteiger partial charge in [0.25, 0.3) is 5.91 Å². The monoisotopic (exact) mass is 255 g/mol. The Kier molecular flexibility index (Phi) is 3.21. The molecule has 0 aliphatic rings. The van der Waals surface area contributed by atoms with Gasteiger partial charge in [0.1, 0.15) is 0 Å². The Balaban J connectivity index is 2.44. The van der Waals surface area contributed by atoms with E-state index in [0.717, 1.165) is 0 Å². The fourth-order valence-electron chi connectivity index (χ4n) is 1.61. The topological polar surface area (TPSA) is 87.9 Å². The summed E-state index contributed by atoms with van der Waals surface area (Å²) in [5, 5.41) is 13.1. The van der Waals surface area contributed by atoms with E-state index in [1.165, 1.54) is 9.58 Å². The van der Waals surface area contributed by atoms with E-state index >= 15 is 0 Å². The minimum Gasteiger partial charge on any atom is -0.397 e. The van der Waals surface area contributed by atoms with E-state index in [-0.39, 0.29) is 5.91 Å². The molecule has 0 bridgehead atoms. The summed E-state index contributed by atoms with van der Waals surface area (Å²) >= 11 is 0. The van der Waals surface area contributed by atoms with Crippen molar-refractivity contribution in [3.8, 4) is 11.8 Å². The van der Waals surface area contributed by atoms with E-state index in [1.54, 1.807) is 44.6 Å². The molecule has 0 fully saturated rings. The lowest BCUT2D eigenvalue weighted by Gasteiger charge is -2.08. The summed E-state index contributed by atoms with van der Waals surface area (Å²) in [6.45, 7) is 0. The largest absolute Gasteiger partial charge is 0.397 e. The highest BCUT2D eigenvalue weighted by atomic mass is 16.2. The van der Waals surface area contributed by atoms with Crippen LogP contribution in [0.25, 0.3) is 5.69 Å². The van der Waals surface area contributed by atoms with E-state index < -0.39 is 0 Å². The number of benzene rings is 1. The molecule has 2 rings (SSSR count). The third-order valence-electron chi connectivity index (χ3n) is 2.62. The molecule has 1 heterocycles. The van der Waals surface area contributed by atoms with E-state index in [9.17, 15) is 4.79 Å². The number of rotatable bonds is 2. The van der Waals surface area contributed by atoms with Gasteiger partial charge in [0.2, 0.25) is 0 Å². The predicted octanol–water partition coefficient (Wildman–Crippen LogP) is 1.03. The number of aromatic nitrogens is 2. The smallest absolute Gasteiger partial charge is 0.273 e. The van der Waals surface area contributed by atoms with Crippen LogP contribution in [0.4, 0.5) is 5.69 Å². The summed E-state index contributed by atoms with van der Waals surface area (Å²) in [6.07, 6.45) is 1.64. The van der Waals surface area contributed by atoms with Crippen molar-refractivity contribution in [2.45, 2.75) is 0 Å². The maximum Gasteiger partial charge on any atom is 0.273 e. The third-order valence-corrected chi connectivity index (χ3v) is 2.62. The minimum absolute atomic E-state index is 0.186. The van der Waals surface area contributed by atoms with Crippen molar-refractivity contribution in [1.29, 1.82) is 5.26 Å². The van der Waals surface area contributed by atoms with E-state index in [4.69, 9.17) is 11.0 Å². The second-order valence-electron chi connectivity index (χ2n) is 4.23. The van der Waals surface area contributed by atoms with Gasteiger partial charge >= 0.3 is 0 Å². The molecule has 0 saturated heterocycles. The molecule has 1 amide bonds. The van der Waals surface area contributed by atoms with Crippen molar-refractivity contribution in [2.24, 2.45) is 0 Å². The Morgan fingerprint density at radius 3 is 2.79 bits per heavy atom. The molecule has 1 aromatic carbocycles. The van der Waals surface area contributed by atoms with Crippen LogP contribution in [-0.2, 0) is 0 Å². The molecule has 1 aromatic heterocycles. The van der Waals surface area contributed by atoms with Crippen LogP contribution in [0.2, 0.25) is 0 Å². The highest BCUT2D eigenvalue weighted by Gasteiger charge is 2.13. The zero-order chi connectivity index (χ0) is 14.0. The van der Waals surface area contributed by atoms with Crippen LogP contribution in [0, 0.1) is 11.3 Å². The number of carbonyl (C=O) groups is 1. The Morgan fingerprint density at radius 1 is 1.42 bits per heavy atom. The maximum atomic E-state index is 11.8. The summed E-state index contributed by atoms with van der Waals surface area (Å²) in [5.41, 5.74) is 7.74. The maximum absolute atomic E-state index is 11.8. The van der Waals surface area contributed by atoms with Gasteiger partial charge in [-0.05, 0) is 24.3 Å². The first kappa shape index (κ1) is 12.6. The summed E-state index contributed by atoms with van der Waals surface area (Å²) in [5.74, 6) is -0.186. The molecule has 0 atom stereocenters. The highest BCUT2D eigenvalue weighted by molar-refractivity contribution is 5.91. The van der Waals surface area contributed by atoms with Gasteiger partial charge in [0.15, 0.2) is 5.69 Å². The van der Waals surface area contributed by atoms with Crippen LogP contribution in [0.15, 0.2) is 30.5 Å². The molecule has 6 heteroatoms. The number of nitriles is 1. The fraction of sp³-hybridized carbons (Fsp3) is 0.154. The molecule has 0 radical (unpaired) electrons. The van der Waals surface area contributed by atoms with Crippen molar-refractivity contribution < 1.29 is 4.79 Å². The second kappa shape index (κ2) is 4.82. The molecule has 6 nitrogen and oxygen atoms in total. The first-order valence-corrected chi connectivity index (χ1v) is 5.60. The molecule has 0 saturated carbocycles. The first-order chi connectivity index (χ1) is 9.02. The molecule has 0 unspecified atom stereocenters. The number of hydrogen-bond donors (Lipinski definition) is 1. The number of nitrogens with zero attached hydrogens (tertiary/aromatic N) is 4. The molecule has 0 spiro atoms. The van der Waals surface area contributed by atoms with E-state index in [0.29, 0.717) is 22.6 Å². The van der Waals surface area contributed by atoms with Gasteiger partial charge in [-0.15, -0.1) is 0 Å². The van der Waals surface area contributed by atoms with Crippen molar-refractivity contribution in [3.05, 3.63) is 41.7 Å². The van der Waals surface area contributed by atoms with Crippen molar-refractivity contribution in [2.75, 3.05) is 19.8 Å². The molecule has 2 N–H and O–H groups in total. The minimum atomic E-state index is -0.186. The zero-order valence-electron chi connectivity index (χ0n) is 10.7. The van der Waals surface area contributed by atoms with Crippen LogP contribution in [0.5, 0.6) is 0 Å². The van der Waals surface area contributed by atoms with E-state index in [1.807, 2.05) is 6.07 Å². The third kappa shape index (κ3) is 2.40. The average molecular weight is 255 g/mol. The van der Waals surface area contributed by atoms with Crippen molar-refractivity contribution in [3.63, 3.8) is 0 Å². The molecule has 96 valence electrons. The fourth-order valence-corrected chi connectivity index (χ4v) is 1.61.